The lowest BCUT2D eigenvalue weighted by Gasteiger charge is -2.39. The lowest BCUT2D eigenvalue weighted by atomic mass is 9.90. The van der Waals surface area contributed by atoms with E-state index in [9.17, 15) is 9.59 Å². The molecule has 114 valence electrons. The van der Waals surface area contributed by atoms with Crippen LogP contribution >= 0.6 is 0 Å². The molecule has 1 unspecified atom stereocenters. The Labute approximate surface area is 120 Å². The van der Waals surface area contributed by atoms with E-state index in [1.165, 1.54) is 6.42 Å². The minimum absolute atomic E-state index is 0.0917. The van der Waals surface area contributed by atoms with Crippen LogP contribution in [-0.2, 0) is 9.59 Å². The van der Waals surface area contributed by atoms with Crippen LogP contribution in [0.2, 0.25) is 0 Å². The number of aliphatic hydroxyl groups is 1. The lowest BCUT2D eigenvalue weighted by molar-refractivity contribution is -0.140. The molecule has 2 aliphatic rings. The van der Waals surface area contributed by atoms with Crippen molar-refractivity contribution in [1.29, 1.82) is 0 Å². The van der Waals surface area contributed by atoms with E-state index in [4.69, 9.17) is 5.11 Å². The summed E-state index contributed by atoms with van der Waals surface area (Å²) in [7, 11) is 0. The Morgan fingerprint density at radius 3 is 2.60 bits per heavy atom. The Morgan fingerprint density at radius 1 is 1.45 bits per heavy atom. The maximum Gasteiger partial charge on any atom is 0.228 e. The first kappa shape index (κ1) is 15.3. The van der Waals surface area contributed by atoms with Crippen molar-refractivity contribution in [3.05, 3.63) is 0 Å². The maximum atomic E-state index is 12.7. The summed E-state index contributed by atoms with van der Waals surface area (Å²) in [5.74, 6) is 0.0120. The first-order chi connectivity index (χ1) is 9.54. The van der Waals surface area contributed by atoms with Crippen LogP contribution in [0.4, 0.5) is 0 Å². The van der Waals surface area contributed by atoms with Crippen LogP contribution in [0, 0.1) is 5.92 Å². The Morgan fingerprint density at radius 2 is 2.15 bits per heavy atom. The van der Waals surface area contributed by atoms with Crippen LogP contribution in [-0.4, -0.2) is 58.5 Å². The number of hydrogen-bond donors (Lipinski definition) is 1. The Hall–Kier alpha value is -1.10. The Kier molecular flexibility index (Phi) is 5.02. The smallest absolute Gasteiger partial charge is 0.228 e. The van der Waals surface area contributed by atoms with Gasteiger partial charge < -0.3 is 14.9 Å². The molecule has 1 heterocycles. The van der Waals surface area contributed by atoms with Crippen LogP contribution in [0.3, 0.4) is 0 Å². The third kappa shape index (κ3) is 3.14. The molecule has 1 aliphatic heterocycles. The number of carbonyl (C=O) groups excluding carboxylic acids is 2. The van der Waals surface area contributed by atoms with Gasteiger partial charge in [-0.25, -0.2) is 0 Å². The van der Waals surface area contributed by atoms with E-state index in [1.54, 1.807) is 4.90 Å². The van der Waals surface area contributed by atoms with E-state index in [0.29, 0.717) is 32.0 Å². The number of aliphatic hydroxyl groups excluding tert-OH is 1. The number of amides is 2. The number of hydrogen-bond acceptors (Lipinski definition) is 3. The summed E-state index contributed by atoms with van der Waals surface area (Å²) >= 11 is 0. The molecular formula is C15H26N2O3. The highest BCUT2D eigenvalue weighted by Gasteiger charge is 2.39. The van der Waals surface area contributed by atoms with E-state index < -0.39 is 0 Å². The first-order valence-electron chi connectivity index (χ1n) is 7.75. The van der Waals surface area contributed by atoms with Crippen molar-refractivity contribution < 1.29 is 14.7 Å². The molecule has 2 fully saturated rings. The number of likely N-dealkylation sites (tertiary alicyclic amines) is 1. The fraction of sp³-hybridized carbons (Fsp3) is 0.867. The zero-order chi connectivity index (χ0) is 14.7. The van der Waals surface area contributed by atoms with Gasteiger partial charge in [-0.3, -0.25) is 9.59 Å². The van der Waals surface area contributed by atoms with Gasteiger partial charge in [0.25, 0.3) is 0 Å². The van der Waals surface area contributed by atoms with Crippen molar-refractivity contribution in [3.8, 4) is 0 Å². The number of rotatable bonds is 6. The number of nitrogens with zero attached hydrogens (tertiary/aromatic N) is 2. The van der Waals surface area contributed by atoms with Gasteiger partial charge in [0.2, 0.25) is 11.8 Å². The van der Waals surface area contributed by atoms with Crippen LogP contribution in [0.15, 0.2) is 0 Å². The molecule has 0 aromatic heterocycles. The zero-order valence-corrected chi connectivity index (χ0v) is 12.5. The summed E-state index contributed by atoms with van der Waals surface area (Å²) in [5.41, 5.74) is 0. The highest BCUT2D eigenvalue weighted by molar-refractivity contribution is 5.89. The third-order valence-corrected chi connectivity index (χ3v) is 4.49. The van der Waals surface area contributed by atoms with Crippen LogP contribution in [0.5, 0.6) is 0 Å². The molecule has 1 atom stereocenters. The summed E-state index contributed by atoms with van der Waals surface area (Å²) in [6.45, 7) is 5.25. The average molecular weight is 282 g/mol. The molecule has 0 aromatic carbocycles. The molecule has 0 bridgehead atoms. The van der Waals surface area contributed by atoms with Crippen molar-refractivity contribution in [2.45, 2.75) is 58.0 Å². The van der Waals surface area contributed by atoms with Gasteiger partial charge in [-0.15, -0.1) is 0 Å². The van der Waals surface area contributed by atoms with E-state index in [0.717, 1.165) is 12.8 Å². The van der Waals surface area contributed by atoms with Gasteiger partial charge in [0.15, 0.2) is 0 Å². The molecule has 5 nitrogen and oxygen atoms in total. The van der Waals surface area contributed by atoms with Gasteiger partial charge in [0.1, 0.15) is 0 Å². The van der Waals surface area contributed by atoms with E-state index in [1.807, 2.05) is 18.7 Å². The van der Waals surface area contributed by atoms with E-state index in [2.05, 4.69) is 0 Å². The Bertz CT molecular complexity index is 366. The molecule has 2 amide bonds. The molecule has 0 radical (unpaired) electrons. The molecule has 1 saturated carbocycles. The topological polar surface area (TPSA) is 60.9 Å². The Balaban J connectivity index is 1.98. The second kappa shape index (κ2) is 6.57. The van der Waals surface area contributed by atoms with E-state index in [-0.39, 0.29) is 30.4 Å². The van der Waals surface area contributed by atoms with Gasteiger partial charge in [0.05, 0.1) is 5.92 Å². The molecular weight excluding hydrogens is 256 g/mol. The highest BCUT2D eigenvalue weighted by Crippen LogP contribution is 2.29. The largest absolute Gasteiger partial charge is 0.396 e. The predicted octanol–water partition coefficient (Wildman–Crippen LogP) is 1.01. The number of carbonyl (C=O) groups is 2. The van der Waals surface area contributed by atoms with Crippen molar-refractivity contribution in [2.75, 3.05) is 19.7 Å². The molecule has 5 heteroatoms. The van der Waals surface area contributed by atoms with Crippen molar-refractivity contribution in [1.82, 2.24) is 9.80 Å². The van der Waals surface area contributed by atoms with Crippen molar-refractivity contribution in [3.63, 3.8) is 0 Å². The summed E-state index contributed by atoms with van der Waals surface area (Å²) in [5, 5.41) is 8.99. The minimum Gasteiger partial charge on any atom is -0.396 e. The second-order valence-corrected chi connectivity index (χ2v) is 6.23. The van der Waals surface area contributed by atoms with Gasteiger partial charge in [-0.05, 0) is 39.5 Å². The SMILES string of the molecule is CC(C)N1CC(C(=O)N(CCCO)C2CCC2)CC1=O. The molecule has 1 saturated heterocycles. The molecule has 2 rings (SSSR count). The summed E-state index contributed by atoms with van der Waals surface area (Å²) < 4.78 is 0. The summed E-state index contributed by atoms with van der Waals surface area (Å²) in [6, 6.07) is 0.493. The first-order valence-corrected chi connectivity index (χ1v) is 7.75. The molecule has 1 aliphatic carbocycles. The normalized spacial score (nSPS) is 23.3. The molecule has 0 spiro atoms. The standard InChI is InChI=1S/C15H26N2O3/c1-11(2)17-10-12(9-14(17)19)15(20)16(7-4-8-18)13-5-3-6-13/h11-13,18H,3-10H2,1-2H3. The third-order valence-electron chi connectivity index (χ3n) is 4.49. The van der Waals surface area contributed by atoms with Crippen LogP contribution in [0.25, 0.3) is 0 Å². The second-order valence-electron chi connectivity index (χ2n) is 6.23. The molecule has 1 N–H and O–H groups in total. The average Bonchev–Trinajstić information content (AvgIpc) is 2.73. The summed E-state index contributed by atoms with van der Waals surface area (Å²) in [6.07, 6.45) is 4.27. The van der Waals surface area contributed by atoms with Crippen LogP contribution in [0.1, 0.15) is 46.0 Å². The van der Waals surface area contributed by atoms with Gasteiger partial charge in [-0.1, -0.05) is 0 Å². The highest BCUT2D eigenvalue weighted by atomic mass is 16.3. The minimum atomic E-state index is -0.191. The lowest BCUT2D eigenvalue weighted by Crippen LogP contribution is -2.48. The van der Waals surface area contributed by atoms with Crippen molar-refractivity contribution in [2.24, 2.45) is 5.92 Å². The predicted molar refractivity (Wildman–Crippen MR) is 76.0 cm³/mol. The molecule has 20 heavy (non-hydrogen) atoms. The van der Waals surface area contributed by atoms with Crippen LogP contribution < -0.4 is 0 Å². The van der Waals surface area contributed by atoms with Crippen molar-refractivity contribution >= 4 is 11.8 Å². The maximum absolute atomic E-state index is 12.7. The summed E-state index contributed by atoms with van der Waals surface area (Å²) in [4.78, 5) is 28.3. The monoisotopic (exact) mass is 282 g/mol. The van der Waals surface area contributed by atoms with Gasteiger partial charge >= 0.3 is 0 Å². The quantitative estimate of drug-likeness (QED) is 0.791. The van der Waals surface area contributed by atoms with Gasteiger partial charge in [-0.2, -0.15) is 0 Å². The van der Waals surface area contributed by atoms with E-state index >= 15 is 0 Å². The molecule has 0 aromatic rings. The zero-order valence-electron chi connectivity index (χ0n) is 12.5. The fourth-order valence-corrected chi connectivity index (χ4v) is 3.04. The van der Waals surface area contributed by atoms with Gasteiger partial charge in [0, 0.05) is 38.2 Å². The fourth-order valence-electron chi connectivity index (χ4n) is 3.04.